The maximum Gasteiger partial charge on any atom is 0.343 e. The van der Waals surface area contributed by atoms with E-state index in [1.54, 1.807) is 0 Å². The van der Waals surface area contributed by atoms with E-state index in [0.717, 1.165) is 39.0 Å². The molecule has 2 saturated heterocycles. The molecule has 2 aliphatic heterocycles. The average molecular weight is 294 g/mol. The fourth-order valence-electron chi connectivity index (χ4n) is 2.96. The lowest BCUT2D eigenvalue weighted by Gasteiger charge is -2.26. The Kier molecular flexibility index (Phi) is 4.57. The summed E-state index contributed by atoms with van der Waals surface area (Å²) in [5, 5.41) is 10.4. The van der Waals surface area contributed by atoms with Crippen molar-refractivity contribution in [1.29, 1.82) is 0 Å². The normalized spacial score (nSPS) is 21.0. The number of ether oxygens (including phenoxy) is 1. The van der Waals surface area contributed by atoms with Gasteiger partial charge in [-0.25, -0.2) is 4.79 Å². The third-order valence-electron chi connectivity index (χ3n) is 4.22. The molecule has 0 atom stereocenters. The van der Waals surface area contributed by atoms with Crippen LogP contribution in [0.2, 0.25) is 0 Å². The molecular formula is C15H22N2O4. The van der Waals surface area contributed by atoms with Crippen molar-refractivity contribution in [2.75, 3.05) is 39.4 Å². The molecule has 0 unspecified atom stereocenters. The average Bonchev–Trinajstić information content (AvgIpc) is 3.01. The van der Waals surface area contributed by atoms with Gasteiger partial charge >= 0.3 is 5.63 Å². The zero-order valence-electron chi connectivity index (χ0n) is 12.2. The summed E-state index contributed by atoms with van der Waals surface area (Å²) in [5.41, 5.74) is 0.651. The van der Waals surface area contributed by atoms with Gasteiger partial charge in [0.15, 0.2) is 0 Å². The summed E-state index contributed by atoms with van der Waals surface area (Å²) in [5.74, 6) is 0.102. The first-order valence-corrected chi connectivity index (χ1v) is 7.59. The summed E-state index contributed by atoms with van der Waals surface area (Å²) in [6.45, 7) is 6.10. The molecule has 6 heteroatoms. The molecule has 1 aromatic heterocycles. The molecule has 116 valence electrons. The first-order chi connectivity index (χ1) is 10.2. The third kappa shape index (κ3) is 3.45. The summed E-state index contributed by atoms with van der Waals surface area (Å²) in [7, 11) is 0. The first-order valence-electron chi connectivity index (χ1n) is 7.59. The number of hydrogen-bond donors (Lipinski definition) is 1. The monoisotopic (exact) mass is 294 g/mol. The summed E-state index contributed by atoms with van der Waals surface area (Å²) >= 11 is 0. The first kappa shape index (κ1) is 14.6. The highest BCUT2D eigenvalue weighted by Gasteiger charge is 2.21. The van der Waals surface area contributed by atoms with Crippen LogP contribution >= 0.6 is 0 Å². The number of likely N-dealkylation sites (tertiary alicyclic amines) is 1. The summed E-state index contributed by atoms with van der Waals surface area (Å²) in [6, 6.07) is 0. The Balaban J connectivity index is 1.76. The van der Waals surface area contributed by atoms with E-state index in [0.29, 0.717) is 37.4 Å². The molecule has 0 spiro atoms. The lowest BCUT2D eigenvalue weighted by Crippen LogP contribution is -2.35. The SMILES string of the molecule is O=c1occ(CN2CCOCC2)c(O)c1CN1CCCC1. The Bertz CT molecular complexity index is 531. The van der Waals surface area contributed by atoms with Gasteiger partial charge in [-0.05, 0) is 25.9 Å². The molecule has 2 fully saturated rings. The van der Waals surface area contributed by atoms with Crippen LogP contribution in [0.3, 0.4) is 0 Å². The van der Waals surface area contributed by atoms with Gasteiger partial charge in [0.2, 0.25) is 0 Å². The second-order valence-electron chi connectivity index (χ2n) is 5.75. The van der Waals surface area contributed by atoms with Crippen molar-refractivity contribution in [3.8, 4) is 5.75 Å². The van der Waals surface area contributed by atoms with Crippen LogP contribution in [0.4, 0.5) is 0 Å². The van der Waals surface area contributed by atoms with Crippen LogP contribution in [0.15, 0.2) is 15.5 Å². The van der Waals surface area contributed by atoms with Crippen LogP contribution < -0.4 is 5.63 Å². The minimum atomic E-state index is -0.426. The van der Waals surface area contributed by atoms with Crippen LogP contribution in [-0.2, 0) is 17.8 Å². The van der Waals surface area contributed by atoms with Gasteiger partial charge in [-0.2, -0.15) is 0 Å². The molecule has 0 bridgehead atoms. The van der Waals surface area contributed by atoms with Crippen molar-refractivity contribution in [3.05, 3.63) is 27.8 Å². The zero-order chi connectivity index (χ0) is 14.7. The lowest BCUT2D eigenvalue weighted by molar-refractivity contribution is 0.0335. The van der Waals surface area contributed by atoms with Crippen molar-refractivity contribution in [2.24, 2.45) is 0 Å². The van der Waals surface area contributed by atoms with Gasteiger partial charge in [0.1, 0.15) is 12.0 Å². The highest BCUT2D eigenvalue weighted by molar-refractivity contribution is 5.36. The summed E-state index contributed by atoms with van der Waals surface area (Å²) < 4.78 is 10.4. The number of rotatable bonds is 4. The Hall–Kier alpha value is -1.37. The zero-order valence-corrected chi connectivity index (χ0v) is 12.2. The standard InChI is InChI=1S/C15H22N2O4/c18-14-12(9-17-5-7-20-8-6-17)11-21-15(19)13(14)10-16-3-1-2-4-16/h11,18H,1-10H2. The predicted octanol–water partition coefficient (Wildman–Crippen LogP) is 0.773. The van der Waals surface area contributed by atoms with Crippen molar-refractivity contribution in [3.63, 3.8) is 0 Å². The summed E-state index contributed by atoms with van der Waals surface area (Å²) in [4.78, 5) is 16.3. The molecule has 3 rings (SSSR count). The number of morpholine rings is 1. The Morgan fingerprint density at radius 2 is 1.71 bits per heavy atom. The fraction of sp³-hybridized carbons (Fsp3) is 0.667. The van der Waals surface area contributed by atoms with E-state index < -0.39 is 5.63 Å². The maximum absolute atomic E-state index is 11.9. The Morgan fingerprint density at radius 3 is 2.43 bits per heavy atom. The van der Waals surface area contributed by atoms with Crippen molar-refractivity contribution >= 4 is 0 Å². The van der Waals surface area contributed by atoms with Gasteiger partial charge in [0.25, 0.3) is 0 Å². The van der Waals surface area contributed by atoms with Crippen molar-refractivity contribution < 1.29 is 14.3 Å². The molecule has 0 amide bonds. The molecule has 0 radical (unpaired) electrons. The highest BCUT2D eigenvalue weighted by atomic mass is 16.5. The van der Waals surface area contributed by atoms with Crippen LogP contribution in [0.5, 0.6) is 5.75 Å². The van der Waals surface area contributed by atoms with Crippen LogP contribution in [0.1, 0.15) is 24.0 Å². The van der Waals surface area contributed by atoms with E-state index in [-0.39, 0.29) is 5.75 Å². The van der Waals surface area contributed by atoms with Crippen molar-refractivity contribution in [1.82, 2.24) is 9.80 Å². The predicted molar refractivity (Wildman–Crippen MR) is 77.2 cm³/mol. The third-order valence-corrected chi connectivity index (χ3v) is 4.22. The van der Waals surface area contributed by atoms with E-state index in [2.05, 4.69) is 9.80 Å². The van der Waals surface area contributed by atoms with Gasteiger partial charge in [0, 0.05) is 31.7 Å². The van der Waals surface area contributed by atoms with E-state index in [1.165, 1.54) is 6.26 Å². The second kappa shape index (κ2) is 6.60. The van der Waals surface area contributed by atoms with Crippen molar-refractivity contribution in [2.45, 2.75) is 25.9 Å². The molecule has 0 saturated carbocycles. The molecule has 0 aliphatic carbocycles. The van der Waals surface area contributed by atoms with Crippen LogP contribution in [-0.4, -0.2) is 54.3 Å². The quantitative estimate of drug-likeness (QED) is 0.885. The van der Waals surface area contributed by atoms with E-state index in [1.807, 2.05) is 0 Å². The molecule has 1 aromatic rings. The molecule has 6 nitrogen and oxygen atoms in total. The van der Waals surface area contributed by atoms with E-state index >= 15 is 0 Å². The molecule has 21 heavy (non-hydrogen) atoms. The fourth-order valence-corrected chi connectivity index (χ4v) is 2.96. The topological polar surface area (TPSA) is 66.2 Å². The Morgan fingerprint density at radius 1 is 1.05 bits per heavy atom. The largest absolute Gasteiger partial charge is 0.507 e. The van der Waals surface area contributed by atoms with Gasteiger partial charge in [-0.3, -0.25) is 9.80 Å². The second-order valence-corrected chi connectivity index (χ2v) is 5.75. The van der Waals surface area contributed by atoms with Crippen LogP contribution in [0, 0.1) is 0 Å². The van der Waals surface area contributed by atoms with Gasteiger partial charge in [0.05, 0.1) is 18.8 Å². The number of aromatic hydroxyl groups is 1. The molecule has 3 heterocycles. The highest BCUT2D eigenvalue weighted by Crippen LogP contribution is 2.24. The lowest BCUT2D eigenvalue weighted by atomic mass is 10.1. The summed E-state index contributed by atoms with van der Waals surface area (Å²) in [6.07, 6.45) is 3.69. The molecule has 1 N–H and O–H groups in total. The minimum Gasteiger partial charge on any atom is -0.507 e. The van der Waals surface area contributed by atoms with Gasteiger partial charge in [-0.15, -0.1) is 0 Å². The molecule has 2 aliphatic rings. The number of nitrogens with zero attached hydrogens (tertiary/aromatic N) is 2. The van der Waals surface area contributed by atoms with Gasteiger partial charge in [-0.1, -0.05) is 0 Å². The van der Waals surface area contributed by atoms with Crippen LogP contribution in [0.25, 0.3) is 0 Å². The Labute approximate surface area is 123 Å². The molecule has 0 aromatic carbocycles. The maximum atomic E-state index is 11.9. The van der Waals surface area contributed by atoms with E-state index in [9.17, 15) is 9.90 Å². The molecular weight excluding hydrogens is 272 g/mol. The van der Waals surface area contributed by atoms with Gasteiger partial charge < -0.3 is 14.3 Å². The smallest absolute Gasteiger partial charge is 0.343 e. The minimum absolute atomic E-state index is 0.102. The number of hydrogen-bond acceptors (Lipinski definition) is 6. The van der Waals surface area contributed by atoms with E-state index in [4.69, 9.17) is 9.15 Å².